The molecule has 2 amide bonds. The van der Waals surface area contributed by atoms with Crippen molar-refractivity contribution in [3.8, 4) is 0 Å². The van der Waals surface area contributed by atoms with Gasteiger partial charge in [-0.25, -0.2) is 13.8 Å². The largest absolute Gasteiger partial charge is 0.330 e. The van der Waals surface area contributed by atoms with Gasteiger partial charge in [0.25, 0.3) is 5.91 Å². The second kappa shape index (κ2) is 10.2. The van der Waals surface area contributed by atoms with E-state index in [9.17, 15) is 18.4 Å². The summed E-state index contributed by atoms with van der Waals surface area (Å²) in [5.41, 5.74) is 1.48. The standard InChI is InChI=1S/C25H28F2N4O2/c1-29-14-12-21(13-15-29)30(17-19-4-2-3-5-22(19)27)25(33)23-10-11-24(32)31(28-23)16-18-6-8-20(26)9-7-18/h2-9,21H,10-17H2,1H3. The highest BCUT2D eigenvalue weighted by molar-refractivity contribution is 6.39. The van der Waals surface area contributed by atoms with Crippen molar-refractivity contribution in [1.82, 2.24) is 14.8 Å². The molecule has 0 spiro atoms. The van der Waals surface area contributed by atoms with E-state index in [0.717, 1.165) is 31.5 Å². The fourth-order valence-corrected chi connectivity index (χ4v) is 4.29. The molecule has 33 heavy (non-hydrogen) atoms. The van der Waals surface area contributed by atoms with Crippen LogP contribution in [0.2, 0.25) is 0 Å². The van der Waals surface area contributed by atoms with Gasteiger partial charge < -0.3 is 9.80 Å². The van der Waals surface area contributed by atoms with Gasteiger partial charge in [0.15, 0.2) is 0 Å². The third-order valence-corrected chi connectivity index (χ3v) is 6.29. The minimum Gasteiger partial charge on any atom is -0.330 e. The van der Waals surface area contributed by atoms with Gasteiger partial charge in [0.2, 0.25) is 5.91 Å². The predicted molar refractivity (Wildman–Crippen MR) is 121 cm³/mol. The molecule has 0 unspecified atom stereocenters. The lowest BCUT2D eigenvalue weighted by Crippen LogP contribution is -2.49. The Morgan fingerprint density at radius 3 is 2.45 bits per heavy atom. The van der Waals surface area contributed by atoms with Crippen LogP contribution in [-0.2, 0) is 22.7 Å². The maximum absolute atomic E-state index is 14.4. The summed E-state index contributed by atoms with van der Waals surface area (Å²) in [7, 11) is 2.05. The minimum atomic E-state index is -0.356. The van der Waals surface area contributed by atoms with Crippen LogP contribution in [0.5, 0.6) is 0 Å². The van der Waals surface area contributed by atoms with E-state index in [1.165, 1.54) is 23.2 Å². The van der Waals surface area contributed by atoms with Crippen LogP contribution in [0.1, 0.15) is 36.8 Å². The van der Waals surface area contributed by atoms with Gasteiger partial charge >= 0.3 is 0 Å². The average molecular weight is 455 g/mol. The van der Waals surface area contributed by atoms with E-state index in [1.807, 2.05) is 7.05 Å². The van der Waals surface area contributed by atoms with Crippen LogP contribution in [0.25, 0.3) is 0 Å². The van der Waals surface area contributed by atoms with E-state index < -0.39 is 0 Å². The molecule has 0 atom stereocenters. The number of likely N-dealkylation sites (tertiary alicyclic amines) is 1. The van der Waals surface area contributed by atoms with Crippen LogP contribution in [0.4, 0.5) is 8.78 Å². The number of nitrogens with zero attached hydrogens (tertiary/aromatic N) is 4. The molecule has 8 heteroatoms. The van der Waals surface area contributed by atoms with E-state index in [4.69, 9.17) is 0 Å². The summed E-state index contributed by atoms with van der Waals surface area (Å²) in [5, 5.41) is 5.66. The summed E-state index contributed by atoms with van der Waals surface area (Å²) in [6.07, 6.45) is 2.01. The Morgan fingerprint density at radius 2 is 1.76 bits per heavy atom. The van der Waals surface area contributed by atoms with Crippen LogP contribution < -0.4 is 0 Å². The molecule has 0 aromatic heterocycles. The number of hydrogen-bond donors (Lipinski definition) is 0. The summed E-state index contributed by atoms with van der Waals surface area (Å²) in [4.78, 5) is 30.0. The lowest BCUT2D eigenvalue weighted by Gasteiger charge is -2.38. The van der Waals surface area contributed by atoms with Gasteiger partial charge in [0.05, 0.1) is 6.54 Å². The first-order chi connectivity index (χ1) is 15.9. The summed E-state index contributed by atoms with van der Waals surface area (Å²) in [5.74, 6) is -1.15. The van der Waals surface area contributed by atoms with Crippen molar-refractivity contribution in [2.45, 2.75) is 44.8 Å². The third kappa shape index (κ3) is 5.63. The first-order valence-corrected chi connectivity index (χ1v) is 11.3. The van der Waals surface area contributed by atoms with Crippen molar-refractivity contribution in [2.24, 2.45) is 5.10 Å². The number of carbonyl (C=O) groups excluding carboxylic acids is 2. The highest BCUT2D eigenvalue weighted by Crippen LogP contribution is 2.23. The molecule has 2 aromatic rings. The van der Waals surface area contributed by atoms with Crippen molar-refractivity contribution in [3.63, 3.8) is 0 Å². The van der Waals surface area contributed by atoms with Crippen LogP contribution >= 0.6 is 0 Å². The predicted octanol–water partition coefficient (Wildman–Crippen LogP) is 3.57. The fraction of sp³-hybridized carbons (Fsp3) is 0.400. The van der Waals surface area contributed by atoms with E-state index in [2.05, 4.69) is 10.0 Å². The zero-order valence-corrected chi connectivity index (χ0v) is 18.7. The maximum atomic E-state index is 14.4. The number of carbonyl (C=O) groups is 2. The Labute approximate surface area is 192 Å². The van der Waals surface area contributed by atoms with Gasteiger partial charge in [-0.2, -0.15) is 5.10 Å². The molecule has 2 heterocycles. The zero-order valence-electron chi connectivity index (χ0n) is 18.7. The fourth-order valence-electron chi connectivity index (χ4n) is 4.29. The molecular formula is C25H28F2N4O2. The van der Waals surface area contributed by atoms with E-state index >= 15 is 0 Å². The minimum absolute atomic E-state index is 0.0285. The molecule has 0 bridgehead atoms. The second-order valence-corrected chi connectivity index (χ2v) is 8.68. The van der Waals surface area contributed by atoms with Crippen LogP contribution in [0, 0.1) is 11.6 Å². The zero-order chi connectivity index (χ0) is 23.4. The number of hydrazone groups is 1. The van der Waals surface area contributed by atoms with Crippen molar-refractivity contribution >= 4 is 17.5 Å². The summed E-state index contributed by atoms with van der Waals surface area (Å²) in [6, 6.07) is 12.3. The number of amides is 2. The van der Waals surface area contributed by atoms with Gasteiger partial charge in [0.1, 0.15) is 17.3 Å². The van der Waals surface area contributed by atoms with Crippen LogP contribution in [-0.4, -0.2) is 58.5 Å². The summed E-state index contributed by atoms with van der Waals surface area (Å²) >= 11 is 0. The molecule has 6 nitrogen and oxygen atoms in total. The molecule has 174 valence electrons. The molecule has 0 aliphatic carbocycles. The number of halogens is 2. The van der Waals surface area contributed by atoms with Crippen LogP contribution in [0.15, 0.2) is 53.6 Å². The smallest absolute Gasteiger partial charge is 0.270 e. The summed E-state index contributed by atoms with van der Waals surface area (Å²) in [6.45, 7) is 2.03. The highest BCUT2D eigenvalue weighted by atomic mass is 19.1. The Hall–Kier alpha value is -3.13. The third-order valence-electron chi connectivity index (χ3n) is 6.29. The molecule has 1 fully saturated rings. The van der Waals surface area contributed by atoms with E-state index in [0.29, 0.717) is 11.3 Å². The van der Waals surface area contributed by atoms with Gasteiger partial charge in [-0.3, -0.25) is 9.59 Å². The van der Waals surface area contributed by atoms with Gasteiger partial charge in [-0.15, -0.1) is 0 Å². The Kier molecular flexibility index (Phi) is 7.13. The normalized spacial score (nSPS) is 17.7. The topological polar surface area (TPSA) is 56.2 Å². The monoisotopic (exact) mass is 454 g/mol. The van der Waals surface area contributed by atoms with Gasteiger partial charge in [-0.1, -0.05) is 30.3 Å². The quantitative estimate of drug-likeness (QED) is 0.671. The van der Waals surface area contributed by atoms with E-state index in [-0.39, 0.29) is 55.4 Å². The van der Waals surface area contributed by atoms with Gasteiger partial charge in [-0.05, 0) is 56.7 Å². The van der Waals surface area contributed by atoms with Crippen molar-refractivity contribution in [2.75, 3.05) is 20.1 Å². The molecule has 4 rings (SSSR count). The van der Waals surface area contributed by atoms with Crippen molar-refractivity contribution in [3.05, 3.63) is 71.3 Å². The number of hydrogen-bond acceptors (Lipinski definition) is 4. The Morgan fingerprint density at radius 1 is 1.06 bits per heavy atom. The van der Waals surface area contributed by atoms with Crippen molar-refractivity contribution in [1.29, 1.82) is 0 Å². The van der Waals surface area contributed by atoms with Crippen molar-refractivity contribution < 1.29 is 18.4 Å². The molecule has 0 radical (unpaired) electrons. The lowest BCUT2D eigenvalue weighted by molar-refractivity contribution is -0.133. The Balaban J connectivity index is 1.57. The molecule has 1 saturated heterocycles. The second-order valence-electron chi connectivity index (χ2n) is 8.68. The average Bonchev–Trinajstić information content (AvgIpc) is 2.82. The van der Waals surface area contributed by atoms with Crippen LogP contribution in [0.3, 0.4) is 0 Å². The van der Waals surface area contributed by atoms with Gasteiger partial charge in [0, 0.05) is 31.0 Å². The molecule has 2 aromatic carbocycles. The number of rotatable bonds is 6. The van der Waals surface area contributed by atoms with E-state index in [1.54, 1.807) is 35.2 Å². The molecule has 0 saturated carbocycles. The lowest BCUT2D eigenvalue weighted by atomic mass is 10.0. The molecule has 2 aliphatic heterocycles. The number of benzene rings is 2. The SMILES string of the molecule is CN1CCC(N(Cc2ccccc2F)C(=O)C2=NN(Cc3ccc(F)cc3)C(=O)CC2)CC1. The molecule has 2 aliphatic rings. The highest BCUT2D eigenvalue weighted by Gasteiger charge is 2.33. The molecule has 0 N–H and O–H groups in total. The number of piperidine rings is 1. The first kappa shape index (κ1) is 23.0. The Bertz CT molecular complexity index is 1030. The maximum Gasteiger partial charge on any atom is 0.270 e. The molecular weight excluding hydrogens is 426 g/mol. The first-order valence-electron chi connectivity index (χ1n) is 11.3. The summed E-state index contributed by atoms with van der Waals surface area (Å²) < 4.78 is 27.6.